The van der Waals surface area contributed by atoms with Crippen molar-refractivity contribution in [3.63, 3.8) is 0 Å². The number of hydrogen-bond acceptors (Lipinski definition) is 3. The van der Waals surface area contributed by atoms with E-state index in [1.807, 2.05) is 30.3 Å². The van der Waals surface area contributed by atoms with Gasteiger partial charge in [0.1, 0.15) is 10.6 Å². The third-order valence-corrected chi connectivity index (χ3v) is 4.92. The molecule has 112 valence electrons. The smallest absolute Gasteiger partial charge is 0.352 e. The molecule has 0 fully saturated rings. The zero-order valence-electron chi connectivity index (χ0n) is 11.7. The van der Waals surface area contributed by atoms with Crippen molar-refractivity contribution in [3.8, 4) is 0 Å². The Bertz CT molecular complexity index is 751. The van der Waals surface area contributed by atoms with E-state index in [1.54, 1.807) is 0 Å². The van der Waals surface area contributed by atoms with Gasteiger partial charge in [-0.1, -0.05) is 30.3 Å². The molecule has 0 aliphatic carbocycles. The van der Waals surface area contributed by atoms with Crippen LogP contribution in [0, 0.1) is 0 Å². The van der Waals surface area contributed by atoms with Crippen LogP contribution < -0.4 is 0 Å². The number of nitrogens with zero attached hydrogens (tertiary/aromatic N) is 2. The van der Waals surface area contributed by atoms with Gasteiger partial charge in [0, 0.05) is 26.8 Å². The maximum Gasteiger partial charge on any atom is 0.352 e. The van der Waals surface area contributed by atoms with Crippen LogP contribution in [0.1, 0.15) is 16.1 Å². The summed E-state index contributed by atoms with van der Waals surface area (Å²) in [4.78, 5) is 11.0. The van der Waals surface area contributed by atoms with E-state index in [0.717, 1.165) is 5.56 Å². The average Bonchev–Trinajstić information content (AvgIpc) is 2.82. The first kappa shape index (κ1) is 15.3. The Morgan fingerprint density at radius 1 is 1.29 bits per heavy atom. The maximum atomic E-state index is 12.4. The standard InChI is InChI=1S/C14H16N2O4S/c1-15-10-12(8-13(15)14(17)18)21(19,20)16(2)9-11-6-4-3-5-7-11/h3-8,10H,9H2,1-2H3,(H,17,18). The first-order valence-electron chi connectivity index (χ1n) is 6.22. The van der Waals surface area contributed by atoms with Gasteiger partial charge in [-0.2, -0.15) is 4.31 Å². The van der Waals surface area contributed by atoms with Crippen molar-refractivity contribution >= 4 is 16.0 Å². The molecular formula is C14H16N2O4S. The van der Waals surface area contributed by atoms with Crippen molar-refractivity contribution in [2.45, 2.75) is 11.4 Å². The molecule has 0 saturated carbocycles. The summed E-state index contributed by atoms with van der Waals surface area (Å²) in [5, 5.41) is 8.99. The van der Waals surface area contributed by atoms with E-state index in [9.17, 15) is 13.2 Å². The number of carbonyl (C=O) groups is 1. The van der Waals surface area contributed by atoms with E-state index >= 15 is 0 Å². The van der Waals surface area contributed by atoms with Crippen LogP contribution in [-0.4, -0.2) is 35.4 Å². The molecule has 0 bridgehead atoms. The second-order valence-corrected chi connectivity index (χ2v) is 6.77. The van der Waals surface area contributed by atoms with Gasteiger partial charge in [-0.3, -0.25) is 0 Å². The van der Waals surface area contributed by atoms with Crippen molar-refractivity contribution in [2.24, 2.45) is 7.05 Å². The first-order valence-corrected chi connectivity index (χ1v) is 7.66. The predicted molar refractivity (Wildman–Crippen MR) is 77.5 cm³/mol. The van der Waals surface area contributed by atoms with Crippen molar-refractivity contribution in [3.05, 3.63) is 53.9 Å². The normalized spacial score (nSPS) is 11.8. The second kappa shape index (κ2) is 5.71. The van der Waals surface area contributed by atoms with E-state index < -0.39 is 16.0 Å². The molecule has 0 aliphatic rings. The van der Waals surface area contributed by atoms with Crippen LogP contribution in [0.2, 0.25) is 0 Å². The third-order valence-electron chi connectivity index (χ3n) is 3.16. The SMILES string of the molecule is CN(Cc1ccccc1)S(=O)(=O)c1cc(C(=O)O)n(C)c1. The first-order chi connectivity index (χ1) is 9.82. The molecule has 1 aromatic carbocycles. The van der Waals surface area contributed by atoms with Crippen molar-refractivity contribution in [1.82, 2.24) is 8.87 Å². The van der Waals surface area contributed by atoms with Crippen LogP contribution in [0.25, 0.3) is 0 Å². The Hall–Kier alpha value is -2.12. The molecule has 0 spiro atoms. The highest BCUT2D eigenvalue weighted by Gasteiger charge is 2.24. The van der Waals surface area contributed by atoms with Gasteiger partial charge in [-0.25, -0.2) is 13.2 Å². The lowest BCUT2D eigenvalue weighted by Crippen LogP contribution is -2.26. The molecule has 7 heteroatoms. The molecule has 6 nitrogen and oxygen atoms in total. The molecule has 0 saturated heterocycles. The van der Waals surface area contributed by atoms with Crippen molar-refractivity contribution < 1.29 is 18.3 Å². The minimum absolute atomic E-state index is 0.0270. The quantitative estimate of drug-likeness (QED) is 0.908. The average molecular weight is 308 g/mol. The maximum absolute atomic E-state index is 12.4. The summed E-state index contributed by atoms with van der Waals surface area (Å²) in [5.41, 5.74) is 0.791. The number of sulfonamides is 1. The molecule has 2 rings (SSSR count). The lowest BCUT2D eigenvalue weighted by atomic mass is 10.2. The summed E-state index contributed by atoms with van der Waals surface area (Å²) in [5.74, 6) is -1.16. The molecule has 0 unspecified atom stereocenters. The topological polar surface area (TPSA) is 79.6 Å². The van der Waals surface area contributed by atoms with E-state index in [2.05, 4.69) is 0 Å². The molecule has 0 radical (unpaired) electrons. The number of aromatic carboxylic acids is 1. The van der Waals surface area contributed by atoms with Crippen LogP contribution in [0.4, 0.5) is 0 Å². The van der Waals surface area contributed by atoms with Crippen LogP contribution >= 0.6 is 0 Å². The Kier molecular flexibility index (Phi) is 4.15. The van der Waals surface area contributed by atoms with Gasteiger partial charge in [0.15, 0.2) is 0 Å². The molecule has 0 atom stereocenters. The molecule has 0 amide bonds. The highest BCUT2D eigenvalue weighted by molar-refractivity contribution is 7.89. The van der Waals surface area contributed by atoms with Gasteiger partial charge in [-0.15, -0.1) is 0 Å². The Morgan fingerprint density at radius 2 is 1.90 bits per heavy atom. The molecule has 0 aliphatic heterocycles. The Labute approximate surface area is 123 Å². The zero-order valence-corrected chi connectivity index (χ0v) is 12.5. The molecule has 1 heterocycles. The summed E-state index contributed by atoms with van der Waals surface area (Å²) >= 11 is 0. The summed E-state index contributed by atoms with van der Waals surface area (Å²) in [6.07, 6.45) is 1.31. The predicted octanol–water partition coefficient (Wildman–Crippen LogP) is 1.54. The van der Waals surface area contributed by atoms with Gasteiger partial charge in [0.2, 0.25) is 10.0 Å². The fraction of sp³-hybridized carbons (Fsp3) is 0.214. The third kappa shape index (κ3) is 3.14. The molecule has 21 heavy (non-hydrogen) atoms. The van der Waals surface area contributed by atoms with Gasteiger partial charge in [-0.05, 0) is 11.6 Å². The van der Waals surface area contributed by atoms with Gasteiger partial charge >= 0.3 is 5.97 Å². The number of carboxylic acids is 1. The summed E-state index contributed by atoms with van der Waals surface area (Å²) in [7, 11) is -0.755. The molecule has 1 aromatic heterocycles. The van der Waals surface area contributed by atoms with E-state index in [-0.39, 0.29) is 17.1 Å². The molecule has 1 N–H and O–H groups in total. The van der Waals surface area contributed by atoms with E-state index in [4.69, 9.17) is 5.11 Å². The van der Waals surface area contributed by atoms with Crippen molar-refractivity contribution in [1.29, 1.82) is 0 Å². The number of aryl methyl sites for hydroxylation is 1. The van der Waals surface area contributed by atoms with Crippen LogP contribution in [0.5, 0.6) is 0 Å². The van der Waals surface area contributed by atoms with Gasteiger partial charge in [0.05, 0.1) is 0 Å². The number of rotatable bonds is 5. The van der Waals surface area contributed by atoms with Gasteiger partial charge in [0.25, 0.3) is 0 Å². The lowest BCUT2D eigenvalue weighted by molar-refractivity contribution is 0.0686. The van der Waals surface area contributed by atoms with E-state index in [0.29, 0.717) is 0 Å². The highest BCUT2D eigenvalue weighted by Crippen LogP contribution is 2.19. The number of carboxylic acid groups (broad SMARTS) is 1. The lowest BCUT2D eigenvalue weighted by Gasteiger charge is -2.16. The number of benzene rings is 1. The highest BCUT2D eigenvalue weighted by atomic mass is 32.2. The Balaban J connectivity index is 2.29. The number of hydrogen-bond donors (Lipinski definition) is 1. The van der Waals surface area contributed by atoms with Crippen LogP contribution in [-0.2, 0) is 23.6 Å². The number of aromatic nitrogens is 1. The largest absolute Gasteiger partial charge is 0.477 e. The fourth-order valence-corrected chi connectivity index (χ4v) is 3.22. The Morgan fingerprint density at radius 3 is 2.43 bits per heavy atom. The minimum atomic E-state index is -3.72. The van der Waals surface area contributed by atoms with Gasteiger partial charge < -0.3 is 9.67 Å². The van der Waals surface area contributed by atoms with Crippen LogP contribution in [0.3, 0.4) is 0 Å². The minimum Gasteiger partial charge on any atom is -0.477 e. The van der Waals surface area contributed by atoms with Crippen molar-refractivity contribution in [2.75, 3.05) is 7.05 Å². The van der Waals surface area contributed by atoms with E-state index in [1.165, 1.54) is 35.2 Å². The van der Waals surface area contributed by atoms with Crippen LogP contribution in [0.15, 0.2) is 47.5 Å². The summed E-state index contributed by atoms with van der Waals surface area (Å²) < 4.78 is 27.4. The molecular weight excluding hydrogens is 292 g/mol. The monoisotopic (exact) mass is 308 g/mol. The second-order valence-electron chi connectivity index (χ2n) is 4.72. The molecule has 2 aromatic rings. The zero-order chi connectivity index (χ0) is 15.6. The summed E-state index contributed by atoms with van der Waals surface area (Å²) in [6, 6.07) is 10.4. The fourth-order valence-electron chi connectivity index (χ4n) is 1.99. The summed E-state index contributed by atoms with van der Waals surface area (Å²) in [6.45, 7) is 0.223.